The van der Waals surface area contributed by atoms with E-state index in [-0.39, 0.29) is 0 Å². The molecule has 0 bridgehead atoms. The summed E-state index contributed by atoms with van der Waals surface area (Å²) in [5, 5.41) is -0.411. The molecule has 0 aromatic heterocycles. The van der Waals surface area contributed by atoms with Crippen LogP contribution in [-0.2, 0) is 0 Å². The fourth-order valence-corrected chi connectivity index (χ4v) is 2.88. The Kier molecular flexibility index (Phi) is 4.38. The van der Waals surface area contributed by atoms with Gasteiger partial charge in [0.05, 0.1) is 5.38 Å². The highest BCUT2D eigenvalue weighted by molar-refractivity contribution is 6.20. The van der Waals surface area contributed by atoms with Crippen molar-refractivity contribution in [2.24, 2.45) is 5.92 Å². The Hall–Kier alpha value is -0.630. The molecule has 3 heteroatoms. The van der Waals surface area contributed by atoms with Crippen molar-refractivity contribution >= 4 is 11.6 Å². The topological polar surface area (TPSA) is 0 Å². The third kappa shape index (κ3) is 3.41. The zero-order chi connectivity index (χ0) is 12.3. The highest BCUT2D eigenvalue weighted by Crippen LogP contribution is 2.34. The molecule has 1 aliphatic carbocycles. The van der Waals surface area contributed by atoms with E-state index in [2.05, 4.69) is 0 Å². The molecule has 1 aromatic rings. The fraction of sp³-hybridized carbons (Fsp3) is 0.571. The van der Waals surface area contributed by atoms with Gasteiger partial charge in [-0.2, -0.15) is 0 Å². The lowest BCUT2D eigenvalue weighted by molar-refractivity contribution is 0.474. The van der Waals surface area contributed by atoms with Crippen LogP contribution in [0, 0.1) is 17.6 Å². The van der Waals surface area contributed by atoms with Crippen molar-refractivity contribution in [1.29, 1.82) is 0 Å². The maximum absolute atomic E-state index is 13.5. The van der Waals surface area contributed by atoms with E-state index >= 15 is 0 Å². The molecule has 0 saturated heterocycles. The van der Waals surface area contributed by atoms with E-state index in [1.807, 2.05) is 0 Å². The summed E-state index contributed by atoms with van der Waals surface area (Å²) in [5.74, 6) is -0.0985. The van der Waals surface area contributed by atoms with E-state index in [0.29, 0.717) is 5.56 Å². The maximum atomic E-state index is 13.5. The van der Waals surface area contributed by atoms with E-state index in [1.165, 1.54) is 31.7 Å². The molecule has 0 nitrogen and oxygen atoms in total. The Balaban J connectivity index is 1.93. The second kappa shape index (κ2) is 5.81. The van der Waals surface area contributed by atoms with E-state index in [4.69, 9.17) is 11.6 Å². The summed E-state index contributed by atoms with van der Waals surface area (Å²) >= 11 is 6.16. The number of benzene rings is 1. The molecular weight excluding hydrogens is 242 g/mol. The second-order valence-electron chi connectivity index (χ2n) is 4.86. The first-order valence-electron chi connectivity index (χ1n) is 6.26. The molecular formula is C14H17ClF2. The highest BCUT2D eigenvalue weighted by atomic mass is 35.5. The van der Waals surface area contributed by atoms with Gasteiger partial charge in [-0.1, -0.05) is 25.7 Å². The average molecular weight is 259 g/mol. The third-order valence-electron chi connectivity index (χ3n) is 3.60. The van der Waals surface area contributed by atoms with Crippen molar-refractivity contribution in [3.05, 3.63) is 35.4 Å². The van der Waals surface area contributed by atoms with Crippen molar-refractivity contribution in [2.75, 3.05) is 0 Å². The number of hydrogen-bond donors (Lipinski definition) is 0. The molecule has 0 amide bonds. The third-order valence-corrected chi connectivity index (χ3v) is 4.05. The largest absolute Gasteiger partial charge is 0.207 e. The molecule has 94 valence electrons. The Morgan fingerprint density at radius 1 is 1.24 bits per heavy atom. The molecule has 1 saturated carbocycles. The van der Waals surface area contributed by atoms with E-state index < -0.39 is 17.0 Å². The summed E-state index contributed by atoms with van der Waals surface area (Å²) in [6, 6.07) is 3.48. The molecule has 0 radical (unpaired) electrons. The van der Waals surface area contributed by atoms with Crippen LogP contribution in [0.25, 0.3) is 0 Å². The van der Waals surface area contributed by atoms with Crippen molar-refractivity contribution in [3.8, 4) is 0 Å². The van der Waals surface area contributed by atoms with Gasteiger partial charge in [0.25, 0.3) is 0 Å². The van der Waals surface area contributed by atoms with Crippen LogP contribution in [-0.4, -0.2) is 0 Å². The van der Waals surface area contributed by atoms with Gasteiger partial charge >= 0.3 is 0 Å². The second-order valence-corrected chi connectivity index (χ2v) is 5.39. The van der Waals surface area contributed by atoms with Gasteiger partial charge in [-0.25, -0.2) is 8.78 Å². The average Bonchev–Trinajstić information content (AvgIpc) is 2.82. The minimum absolute atomic E-state index is 0.296. The predicted octanol–water partition coefficient (Wildman–Crippen LogP) is 5.22. The smallest absolute Gasteiger partial charge is 0.128 e. The van der Waals surface area contributed by atoms with Gasteiger partial charge in [-0.3, -0.25) is 0 Å². The van der Waals surface area contributed by atoms with Gasteiger partial charge in [0, 0.05) is 5.56 Å². The minimum atomic E-state index is -0.423. The summed E-state index contributed by atoms with van der Waals surface area (Å²) in [6.07, 6.45) is 6.86. The number of rotatable bonds is 4. The molecule has 0 spiro atoms. The Labute approximate surface area is 106 Å². The highest BCUT2D eigenvalue weighted by Gasteiger charge is 2.19. The van der Waals surface area contributed by atoms with Gasteiger partial charge in [0.2, 0.25) is 0 Å². The van der Waals surface area contributed by atoms with Gasteiger partial charge in [-0.05, 0) is 37.0 Å². The minimum Gasteiger partial charge on any atom is -0.207 e. The van der Waals surface area contributed by atoms with Crippen LogP contribution in [0.5, 0.6) is 0 Å². The van der Waals surface area contributed by atoms with Gasteiger partial charge in [0.1, 0.15) is 11.6 Å². The fourth-order valence-electron chi connectivity index (χ4n) is 2.59. The summed E-state index contributed by atoms with van der Waals surface area (Å²) in [5.41, 5.74) is 0.296. The zero-order valence-electron chi connectivity index (χ0n) is 9.76. The van der Waals surface area contributed by atoms with Gasteiger partial charge < -0.3 is 0 Å². The summed E-state index contributed by atoms with van der Waals surface area (Å²) in [6.45, 7) is 0. The Morgan fingerprint density at radius 2 is 1.94 bits per heavy atom. The van der Waals surface area contributed by atoms with Crippen LogP contribution in [0.4, 0.5) is 8.78 Å². The monoisotopic (exact) mass is 258 g/mol. The van der Waals surface area contributed by atoms with E-state index in [0.717, 1.165) is 30.9 Å². The van der Waals surface area contributed by atoms with Crippen LogP contribution >= 0.6 is 11.6 Å². The molecule has 2 rings (SSSR count). The number of hydrogen-bond acceptors (Lipinski definition) is 0. The first-order valence-corrected chi connectivity index (χ1v) is 6.69. The molecule has 1 atom stereocenters. The SMILES string of the molecule is Fc1ccc(F)c(C(Cl)CCC2CCCC2)c1. The van der Waals surface area contributed by atoms with Crippen molar-refractivity contribution in [1.82, 2.24) is 0 Å². The summed E-state index contributed by atoms with van der Waals surface area (Å²) in [4.78, 5) is 0. The maximum Gasteiger partial charge on any atom is 0.128 e. The normalized spacial score (nSPS) is 18.5. The molecule has 17 heavy (non-hydrogen) atoms. The lowest BCUT2D eigenvalue weighted by Gasteiger charge is -2.14. The van der Waals surface area contributed by atoms with Crippen molar-refractivity contribution in [3.63, 3.8) is 0 Å². The predicted molar refractivity (Wildman–Crippen MR) is 66.1 cm³/mol. The van der Waals surface area contributed by atoms with Crippen molar-refractivity contribution in [2.45, 2.75) is 43.9 Å². The van der Waals surface area contributed by atoms with Crippen LogP contribution < -0.4 is 0 Å². The molecule has 1 aromatic carbocycles. The Bertz CT molecular complexity index is 372. The molecule has 0 heterocycles. The summed E-state index contributed by atoms with van der Waals surface area (Å²) in [7, 11) is 0. The first-order chi connectivity index (χ1) is 8.16. The molecule has 0 aliphatic heterocycles. The van der Waals surface area contributed by atoms with Gasteiger partial charge in [-0.15, -0.1) is 11.6 Å². The van der Waals surface area contributed by atoms with E-state index in [1.54, 1.807) is 0 Å². The van der Waals surface area contributed by atoms with Crippen LogP contribution in [0.15, 0.2) is 18.2 Å². The number of halogens is 3. The molecule has 0 N–H and O–H groups in total. The molecule has 1 unspecified atom stereocenters. The van der Waals surface area contributed by atoms with Crippen LogP contribution in [0.2, 0.25) is 0 Å². The molecule has 1 aliphatic rings. The van der Waals surface area contributed by atoms with Crippen LogP contribution in [0.3, 0.4) is 0 Å². The van der Waals surface area contributed by atoms with Crippen molar-refractivity contribution < 1.29 is 8.78 Å². The quantitative estimate of drug-likeness (QED) is 0.650. The lowest BCUT2D eigenvalue weighted by Crippen LogP contribution is -2.00. The summed E-state index contributed by atoms with van der Waals surface area (Å²) < 4.78 is 26.5. The van der Waals surface area contributed by atoms with Gasteiger partial charge in [0.15, 0.2) is 0 Å². The standard InChI is InChI=1S/C14H17ClF2/c15-13(7-5-10-3-1-2-4-10)12-9-11(16)6-8-14(12)17/h6,8-10,13H,1-5,7H2. The van der Waals surface area contributed by atoms with Crippen LogP contribution in [0.1, 0.15) is 49.5 Å². The first kappa shape index (κ1) is 12.8. The van der Waals surface area contributed by atoms with E-state index in [9.17, 15) is 8.78 Å². The zero-order valence-corrected chi connectivity index (χ0v) is 10.5. The Morgan fingerprint density at radius 3 is 2.65 bits per heavy atom. The number of alkyl halides is 1. The molecule has 1 fully saturated rings. The lowest BCUT2D eigenvalue weighted by atomic mass is 9.98.